The minimum atomic E-state index is -0.748. The van der Waals surface area contributed by atoms with Crippen molar-refractivity contribution in [2.24, 2.45) is 0 Å². The van der Waals surface area contributed by atoms with Gasteiger partial charge in [0.1, 0.15) is 0 Å². The molecule has 2 nitrogen and oxygen atoms in total. The fourth-order valence-electron chi connectivity index (χ4n) is 0.495. The van der Waals surface area contributed by atoms with Gasteiger partial charge < -0.3 is 5.73 Å². The van der Waals surface area contributed by atoms with Crippen LogP contribution in [0.4, 0.5) is 14.0 Å². The van der Waals surface area contributed by atoms with Crippen LogP contribution in [-0.2, 0) is 0 Å². The van der Waals surface area contributed by atoms with Gasteiger partial charge in [0, 0.05) is 6.20 Å². The lowest BCUT2D eigenvalue weighted by Crippen LogP contribution is -1.92. The molecule has 1 aromatic heterocycles. The van der Waals surface area contributed by atoms with E-state index in [-0.39, 0.29) is 22.7 Å². The number of pyridine rings is 1. The van der Waals surface area contributed by atoms with Crippen LogP contribution in [0.25, 0.3) is 0 Å². The molecule has 1 aromatic rings. The fraction of sp³-hybridized carbons (Fsp3) is 0. The summed E-state index contributed by atoms with van der Waals surface area (Å²) in [6.45, 7) is 0. The van der Waals surface area contributed by atoms with E-state index in [0.29, 0.717) is 0 Å². The molecule has 0 aliphatic carbocycles. The number of hydrogen-bond donors (Lipinski definition) is 1. The molecule has 5 heteroatoms. The second kappa shape index (κ2) is 2.83. The van der Waals surface area contributed by atoms with Gasteiger partial charge in [-0.15, -0.1) is 0 Å². The first kappa shape index (κ1) is 7.27. The smallest absolute Gasteiger partial charge is 0.165 e. The zero-order chi connectivity index (χ0) is 7.56. The van der Waals surface area contributed by atoms with Gasteiger partial charge in [-0.3, -0.25) is 4.98 Å². The SMILES string of the molecule is Nc1cncc(SF)c1F. The number of halogens is 2. The summed E-state index contributed by atoms with van der Waals surface area (Å²) < 4.78 is 24.3. The zero-order valence-electron chi connectivity index (χ0n) is 4.84. The minimum Gasteiger partial charge on any atom is -0.395 e. The van der Waals surface area contributed by atoms with Crippen molar-refractivity contribution in [2.45, 2.75) is 4.90 Å². The molecule has 0 saturated heterocycles. The molecule has 0 fully saturated rings. The summed E-state index contributed by atoms with van der Waals surface area (Å²) in [5, 5.41) is 0. The molecule has 0 saturated carbocycles. The van der Waals surface area contributed by atoms with Crippen LogP contribution in [-0.4, -0.2) is 4.98 Å². The van der Waals surface area contributed by atoms with Crippen molar-refractivity contribution >= 4 is 17.8 Å². The number of anilines is 1. The van der Waals surface area contributed by atoms with Gasteiger partial charge in [0.2, 0.25) is 0 Å². The molecule has 0 atom stereocenters. The van der Waals surface area contributed by atoms with Gasteiger partial charge in [-0.2, -0.15) is 3.89 Å². The van der Waals surface area contributed by atoms with E-state index < -0.39 is 5.82 Å². The van der Waals surface area contributed by atoms with Crippen molar-refractivity contribution in [2.75, 3.05) is 5.73 Å². The van der Waals surface area contributed by atoms with Crippen LogP contribution >= 0.6 is 12.1 Å². The van der Waals surface area contributed by atoms with Crippen molar-refractivity contribution in [1.29, 1.82) is 0 Å². The van der Waals surface area contributed by atoms with Crippen LogP contribution in [0.3, 0.4) is 0 Å². The summed E-state index contributed by atoms with van der Waals surface area (Å²) in [7, 11) is 0. The Bertz CT molecular complexity index is 241. The molecule has 0 bridgehead atoms. The summed E-state index contributed by atoms with van der Waals surface area (Å²) in [4.78, 5) is 3.31. The van der Waals surface area contributed by atoms with Crippen LogP contribution in [0, 0.1) is 5.82 Å². The standard InChI is InChI=1S/C5H4F2N2S/c6-5-3(8)1-9-2-4(5)10-7/h1-2H,8H2. The fourth-order valence-corrected chi connectivity index (χ4v) is 0.781. The van der Waals surface area contributed by atoms with Crippen molar-refractivity contribution in [1.82, 2.24) is 4.98 Å². The van der Waals surface area contributed by atoms with Crippen molar-refractivity contribution in [3.05, 3.63) is 18.2 Å². The minimum absolute atomic E-state index is 0.136. The van der Waals surface area contributed by atoms with Gasteiger partial charge in [-0.25, -0.2) is 4.39 Å². The lowest BCUT2D eigenvalue weighted by molar-refractivity contribution is 0.601. The van der Waals surface area contributed by atoms with E-state index in [1.165, 1.54) is 0 Å². The summed E-state index contributed by atoms with van der Waals surface area (Å²) >= 11 is -0.208. The number of nitrogens with zero attached hydrogens (tertiary/aromatic N) is 1. The van der Waals surface area contributed by atoms with Crippen molar-refractivity contribution in [3.8, 4) is 0 Å². The van der Waals surface area contributed by atoms with Crippen LogP contribution in [0.2, 0.25) is 0 Å². The van der Waals surface area contributed by atoms with Gasteiger partial charge >= 0.3 is 0 Å². The molecule has 0 aliphatic rings. The molecule has 1 heterocycles. The third-order valence-electron chi connectivity index (χ3n) is 0.958. The topological polar surface area (TPSA) is 38.9 Å². The highest BCUT2D eigenvalue weighted by Gasteiger charge is 2.05. The predicted molar refractivity (Wildman–Crippen MR) is 35.6 cm³/mol. The highest BCUT2D eigenvalue weighted by atomic mass is 32.2. The number of nitrogen functional groups attached to an aromatic ring is 1. The maximum atomic E-state index is 12.6. The second-order valence-electron chi connectivity index (χ2n) is 1.62. The monoisotopic (exact) mass is 162 g/mol. The molecule has 0 amide bonds. The van der Waals surface area contributed by atoms with E-state index >= 15 is 0 Å². The average Bonchev–Trinajstić information content (AvgIpc) is 1.95. The lowest BCUT2D eigenvalue weighted by atomic mass is 10.4. The van der Waals surface area contributed by atoms with Crippen molar-refractivity contribution < 1.29 is 8.28 Å². The second-order valence-corrected chi connectivity index (χ2v) is 2.21. The maximum Gasteiger partial charge on any atom is 0.165 e. The first-order chi connectivity index (χ1) is 4.75. The van der Waals surface area contributed by atoms with E-state index in [9.17, 15) is 8.28 Å². The Morgan fingerprint density at radius 3 is 2.70 bits per heavy atom. The highest BCUT2D eigenvalue weighted by Crippen LogP contribution is 2.24. The van der Waals surface area contributed by atoms with Gasteiger partial charge in [0.05, 0.1) is 28.9 Å². The Kier molecular flexibility index (Phi) is 2.06. The third kappa shape index (κ3) is 1.18. The highest BCUT2D eigenvalue weighted by molar-refractivity contribution is 7.94. The van der Waals surface area contributed by atoms with E-state index in [1.807, 2.05) is 0 Å². The van der Waals surface area contributed by atoms with E-state index in [2.05, 4.69) is 4.98 Å². The molecule has 10 heavy (non-hydrogen) atoms. The quantitative estimate of drug-likeness (QED) is 0.684. The molecule has 0 aromatic carbocycles. The average molecular weight is 162 g/mol. The molecular weight excluding hydrogens is 158 g/mol. The Balaban J connectivity index is 3.14. The Morgan fingerprint density at radius 2 is 2.20 bits per heavy atom. The maximum absolute atomic E-state index is 12.6. The van der Waals surface area contributed by atoms with E-state index in [1.54, 1.807) is 0 Å². The van der Waals surface area contributed by atoms with Gasteiger partial charge in [0.25, 0.3) is 0 Å². The molecular formula is C5H4F2N2S. The largest absolute Gasteiger partial charge is 0.395 e. The van der Waals surface area contributed by atoms with Crippen LogP contribution in [0.1, 0.15) is 0 Å². The Morgan fingerprint density at radius 1 is 1.50 bits per heavy atom. The van der Waals surface area contributed by atoms with E-state index in [4.69, 9.17) is 5.73 Å². The number of aromatic nitrogens is 1. The molecule has 0 radical (unpaired) electrons. The third-order valence-corrected chi connectivity index (χ3v) is 1.41. The molecule has 0 unspecified atom stereocenters. The molecule has 0 spiro atoms. The normalized spacial score (nSPS) is 9.80. The molecule has 1 rings (SSSR count). The van der Waals surface area contributed by atoms with Crippen LogP contribution in [0.5, 0.6) is 0 Å². The number of hydrogen-bond acceptors (Lipinski definition) is 3. The first-order valence-corrected chi connectivity index (χ1v) is 3.15. The molecule has 2 N–H and O–H groups in total. The summed E-state index contributed by atoms with van der Waals surface area (Å²) in [6.07, 6.45) is 2.21. The summed E-state index contributed by atoms with van der Waals surface area (Å²) in [6, 6.07) is 0. The van der Waals surface area contributed by atoms with Crippen LogP contribution in [0.15, 0.2) is 17.3 Å². The lowest BCUT2D eigenvalue weighted by Gasteiger charge is -1.96. The Labute approximate surface area is 60.7 Å². The summed E-state index contributed by atoms with van der Waals surface area (Å²) in [5.41, 5.74) is 4.94. The Hall–Kier alpha value is -0.840. The predicted octanol–water partition coefficient (Wildman–Crippen LogP) is 1.78. The van der Waals surface area contributed by atoms with Crippen LogP contribution < -0.4 is 5.73 Å². The van der Waals surface area contributed by atoms with Gasteiger partial charge in [-0.05, 0) is 0 Å². The zero-order valence-corrected chi connectivity index (χ0v) is 5.66. The van der Waals surface area contributed by atoms with E-state index in [0.717, 1.165) is 12.4 Å². The number of nitrogens with two attached hydrogens (primary N) is 1. The molecule has 0 aliphatic heterocycles. The van der Waals surface area contributed by atoms with Gasteiger partial charge in [0.15, 0.2) is 5.82 Å². The van der Waals surface area contributed by atoms with Crippen molar-refractivity contribution in [3.63, 3.8) is 0 Å². The summed E-state index contributed by atoms with van der Waals surface area (Å²) in [5.74, 6) is -0.748. The molecule has 54 valence electrons. The van der Waals surface area contributed by atoms with Gasteiger partial charge in [-0.1, -0.05) is 0 Å². The first-order valence-electron chi connectivity index (χ1n) is 2.43. The number of rotatable bonds is 1.